The molecule has 0 saturated carbocycles. The Hall–Kier alpha value is -2.90. The van der Waals surface area contributed by atoms with E-state index in [2.05, 4.69) is 29.3 Å². The van der Waals surface area contributed by atoms with E-state index in [4.69, 9.17) is 0 Å². The van der Waals surface area contributed by atoms with Gasteiger partial charge in [0.25, 0.3) is 0 Å². The SMILES string of the molecule is Cc1ccc(C)c(-c2cc(C(O)c3cncn3C)ccc2C#N)c1. The number of hydrogen-bond acceptors (Lipinski definition) is 3. The number of aliphatic hydroxyl groups is 1. The standard InChI is InChI=1S/C20H19N3O/c1-13-4-5-14(2)17(8-13)18-9-15(6-7-16(18)10-21)20(24)19-11-22-12-23(19)3/h4-9,11-12,20,24H,1-3H3. The van der Waals surface area contributed by atoms with E-state index in [1.807, 2.05) is 27.0 Å². The van der Waals surface area contributed by atoms with Crippen molar-refractivity contribution in [3.8, 4) is 17.2 Å². The first-order valence-electron chi connectivity index (χ1n) is 7.77. The first-order chi connectivity index (χ1) is 11.5. The van der Waals surface area contributed by atoms with Gasteiger partial charge in [-0.2, -0.15) is 5.26 Å². The third-order valence-corrected chi connectivity index (χ3v) is 4.30. The minimum absolute atomic E-state index is 0.602. The van der Waals surface area contributed by atoms with Gasteiger partial charge in [0.2, 0.25) is 0 Å². The second-order valence-electron chi connectivity index (χ2n) is 6.07. The average molecular weight is 317 g/mol. The molecule has 0 fully saturated rings. The van der Waals surface area contributed by atoms with E-state index in [-0.39, 0.29) is 0 Å². The summed E-state index contributed by atoms with van der Waals surface area (Å²) in [7, 11) is 1.85. The van der Waals surface area contributed by atoms with Crippen LogP contribution in [0.1, 0.15) is 34.1 Å². The second-order valence-corrected chi connectivity index (χ2v) is 6.07. The zero-order valence-electron chi connectivity index (χ0n) is 14.0. The highest BCUT2D eigenvalue weighted by molar-refractivity contribution is 5.74. The molecular formula is C20H19N3O. The highest BCUT2D eigenvalue weighted by atomic mass is 16.3. The zero-order valence-corrected chi connectivity index (χ0v) is 14.0. The number of nitrogens with zero attached hydrogens (tertiary/aromatic N) is 3. The Balaban J connectivity index is 2.15. The molecule has 1 heterocycles. The smallest absolute Gasteiger partial charge is 0.121 e. The summed E-state index contributed by atoms with van der Waals surface area (Å²) >= 11 is 0. The van der Waals surface area contributed by atoms with E-state index in [1.165, 1.54) is 0 Å². The van der Waals surface area contributed by atoms with Crippen LogP contribution in [0.2, 0.25) is 0 Å². The monoisotopic (exact) mass is 317 g/mol. The molecule has 120 valence electrons. The Labute approximate surface area is 141 Å². The minimum atomic E-state index is -0.783. The Morgan fingerprint density at radius 1 is 1.12 bits per heavy atom. The summed E-state index contributed by atoms with van der Waals surface area (Å²) in [5.41, 5.74) is 6.16. The molecule has 3 aromatic rings. The molecule has 0 bridgehead atoms. The van der Waals surface area contributed by atoms with Crippen molar-refractivity contribution >= 4 is 0 Å². The van der Waals surface area contributed by atoms with Crippen LogP contribution in [0.15, 0.2) is 48.9 Å². The fourth-order valence-electron chi connectivity index (χ4n) is 2.88. The topological polar surface area (TPSA) is 61.8 Å². The number of imidazole rings is 1. The molecule has 0 amide bonds. The Morgan fingerprint density at radius 2 is 1.92 bits per heavy atom. The zero-order chi connectivity index (χ0) is 17.3. The van der Waals surface area contributed by atoms with E-state index in [1.54, 1.807) is 29.2 Å². The van der Waals surface area contributed by atoms with Crippen LogP contribution in [0.4, 0.5) is 0 Å². The van der Waals surface area contributed by atoms with Gasteiger partial charge in [-0.3, -0.25) is 0 Å². The molecule has 0 aliphatic rings. The molecule has 1 N–H and O–H groups in total. The summed E-state index contributed by atoms with van der Waals surface area (Å²) in [5, 5.41) is 20.1. The predicted octanol–water partition coefficient (Wildman–Crippen LogP) is 3.66. The lowest BCUT2D eigenvalue weighted by Gasteiger charge is -2.15. The highest BCUT2D eigenvalue weighted by Gasteiger charge is 2.17. The summed E-state index contributed by atoms with van der Waals surface area (Å²) in [4.78, 5) is 4.06. The van der Waals surface area contributed by atoms with Crippen molar-refractivity contribution < 1.29 is 5.11 Å². The van der Waals surface area contributed by atoms with Gasteiger partial charge in [0.05, 0.1) is 29.9 Å². The molecule has 2 aromatic carbocycles. The fraction of sp³-hybridized carbons (Fsp3) is 0.200. The van der Waals surface area contributed by atoms with Crippen LogP contribution >= 0.6 is 0 Å². The molecule has 0 aliphatic heterocycles. The summed E-state index contributed by atoms with van der Waals surface area (Å²) in [5.74, 6) is 0. The van der Waals surface area contributed by atoms with Crippen molar-refractivity contribution in [2.45, 2.75) is 20.0 Å². The molecule has 0 saturated heterocycles. The van der Waals surface area contributed by atoms with Gasteiger partial charge < -0.3 is 9.67 Å². The number of rotatable bonds is 3. The van der Waals surface area contributed by atoms with Crippen molar-refractivity contribution in [3.63, 3.8) is 0 Å². The summed E-state index contributed by atoms with van der Waals surface area (Å²) in [6, 6.07) is 13.9. The summed E-state index contributed by atoms with van der Waals surface area (Å²) < 4.78 is 1.79. The van der Waals surface area contributed by atoms with Gasteiger partial charge in [-0.15, -0.1) is 0 Å². The molecule has 4 nitrogen and oxygen atoms in total. The average Bonchev–Trinajstić information content (AvgIpc) is 3.02. The molecule has 0 spiro atoms. The van der Waals surface area contributed by atoms with Gasteiger partial charge in [-0.25, -0.2) is 4.98 Å². The first kappa shape index (κ1) is 16.0. The molecule has 4 heteroatoms. The van der Waals surface area contributed by atoms with Crippen molar-refractivity contribution in [1.29, 1.82) is 5.26 Å². The number of nitriles is 1. The third-order valence-electron chi connectivity index (χ3n) is 4.30. The minimum Gasteiger partial charge on any atom is -0.382 e. The molecule has 0 radical (unpaired) electrons. The molecule has 1 aromatic heterocycles. The largest absolute Gasteiger partial charge is 0.382 e. The van der Waals surface area contributed by atoms with Gasteiger partial charge in [0.15, 0.2) is 0 Å². The molecule has 3 rings (SSSR count). The molecule has 0 aliphatic carbocycles. The van der Waals surface area contributed by atoms with Crippen molar-refractivity contribution in [2.75, 3.05) is 0 Å². The lowest BCUT2D eigenvalue weighted by atomic mass is 9.92. The van der Waals surface area contributed by atoms with Crippen molar-refractivity contribution in [3.05, 3.63) is 76.9 Å². The molecule has 1 atom stereocenters. The van der Waals surface area contributed by atoms with E-state index < -0.39 is 6.10 Å². The van der Waals surface area contributed by atoms with Crippen LogP contribution in [-0.2, 0) is 7.05 Å². The Morgan fingerprint density at radius 3 is 2.58 bits per heavy atom. The molecule has 24 heavy (non-hydrogen) atoms. The fourth-order valence-corrected chi connectivity index (χ4v) is 2.88. The van der Waals surface area contributed by atoms with Gasteiger partial charge in [0.1, 0.15) is 6.10 Å². The summed E-state index contributed by atoms with van der Waals surface area (Å²) in [6.07, 6.45) is 2.53. The van der Waals surface area contributed by atoms with Crippen LogP contribution in [0.3, 0.4) is 0 Å². The van der Waals surface area contributed by atoms with Crippen LogP contribution in [-0.4, -0.2) is 14.7 Å². The number of aryl methyl sites for hydroxylation is 3. The predicted molar refractivity (Wildman–Crippen MR) is 93.3 cm³/mol. The quantitative estimate of drug-likeness (QED) is 0.802. The van der Waals surface area contributed by atoms with Crippen LogP contribution in [0.25, 0.3) is 11.1 Å². The third kappa shape index (κ3) is 2.82. The number of aromatic nitrogens is 2. The van der Waals surface area contributed by atoms with Gasteiger partial charge in [-0.1, -0.05) is 29.8 Å². The Kier molecular flexibility index (Phi) is 4.20. The van der Waals surface area contributed by atoms with E-state index in [0.717, 1.165) is 27.8 Å². The summed E-state index contributed by atoms with van der Waals surface area (Å²) in [6.45, 7) is 4.06. The van der Waals surface area contributed by atoms with Crippen LogP contribution in [0.5, 0.6) is 0 Å². The first-order valence-corrected chi connectivity index (χ1v) is 7.77. The number of benzene rings is 2. The lowest BCUT2D eigenvalue weighted by molar-refractivity contribution is 0.211. The van der Waals surface area contributed by atoms with E-state index in [9.17, 15) is 10.4 Å². The number of hydrogen-bond donors (Lipinski definition) is 1. The molecular weight excluding hydrogens is 298 g/mol. The number of aliphatic hydroxyl groups excluding tert-OH is 1. The van der Waals surface area contributed by atoms with Gasteiger partial charge in [0, 0.05) is 12.6 Å². The Bertz CT molecular complexity index is 934. The normalized spacial score (nSPS) is 12.0. The van der Waals surface area contributed by atoms with Crippen molar-refractivity contribution in [2.24, 2.45) is 7.05 Å². The van der Waals surface area contributed by atoms with Crippen LogP contribution < -0.4 is 0 Å². The maximum absolute atomic E-state index is 10.7. The highest BCUT2D eigenvalue weighted by Crippen LogP contribution is 2.31. The van der Waals surface area contributed by atoms with Crippen LogP contribution in [0, 0.1) is 25.2 Å². The van der Waals surface area contributed by atoms with Gasteiger partial charge >= 0.3 is 0 Å². The molecule has 1 unspecified atom stereocenters. The van der Waals surface area contributed by atoms with E-state index in [0.29, 0.717) is 11.3 Å². The maximum Gasteiger partial charge on any atom is 0.121 e. The lowest BCUT2D eigenvalue weighted by Crippen LogP contribution is -2.05. The van der Waals surface area contributed by atoms with Gasteiger partial charge in [-0.05, 0) is 42.7 Å². The van der Waals surface area contributed by atoms with Crippen molar-refractivity contribution in [1.82, 2.24) is 9.55 Å². The van der Waals surface area contributed by atoms with E-state index >= 15 is 0 Å². The second kappa shape index (κ2) is 6.31. The maximum atomic E-state index is 10.7.